The van der Waals surface area contributed by atoms with Crippen LogP contribution in [0, 0.1) is 5.82 Å². The summed E-state index contributed by atoms with van der Waals surface area (Å²) < 4.78 is 21.4. The lowest BCUT2D eigenvalue weighted by atomic mass is 9.89. The third-order valence-electron chi connectivity index (χ3n) is 7.43. The van der Waals surface area contributed by atoms with Gasteiger partial charge < -0.3 is 19.4 Å². The van der Waals surface area contributed by atoms with E-state index in [4.69, 9.17) is 16.3 Å². The highest BCUT2D eigenvalue weighted by atomic mass is 35.5. The van der Waals surface area contributed by atoms with E-state index in [1.54, 1.807) is 24.1 Å². The maximum Gasteiger partial charge on any atom is 0.252 e. The minimum absolute atomic E-state index is 0.0264. The maximum atomic E-state index is 15.1. The average Bonchev–Trinajstić information content (AvgIpc) is 3.71. The average molecular weight is 582 g/mol. The maximum absolute atomic E-state index is 15.1. The molecule has 3 heterocycles. The topological polar surface area (TPSA) is 114 Å². The zero-order valence-electron chi connectivity index (χ0n) is 22.7. The number of ether oxygens (including phenoxy) is 1. The number of halogens is 2. The third-order valence-corrected chi connectivity index (χ3v) is 7.72. The van der Waals surface area contributed by atoms with E-state index >= 15 is 4.39 Å². The molecule has 1 fully saturated rings. The van der Waals surface area contributed by atoms with Crippen molar-refractivity contribution in [3.8, 4) is 5.69 Å². The second-order valence-electron chi connectivity index (χ2n) is 9.83. The number of hydrogen-bond acceptors (Lipinski definition) is 7. The van der Waals surface area contributed by atoms with Gasteiger partial charge in [-0.05, 0) is 65.1 Å². The number of carbonyl (C=O) groups excluding carboxylic acids is 3. The molecule has 41 heavy (non-hydrogen) atoms. The van der Waals surface area contributed by atoms with Crippen LogP contribution in [0.1, 0.15) is 35.6 Å². The number of carbonyl (C=O) groups is 3. The molecule has 1 atom stereocenters. The molecule has 0 aliphatic carbocycles. The number of fused-ring (bicyclic) bond motifs is 1. The summed E-state index contributed by atoms with van der Waals surface area (Å²) in [4.78, 5) is 45.0. The molecule has 11 nitrogen and oxygen atoms in total. The first-order chi connectivity index (χ1) is 19.8. The van der Waals surface area contributed by atoms with Crippen LogP contribution in [-0.2, 0) is 25.5 Å². The highest BCUT2D eigenvalue weighted by molar-refractivity contribution is 6.31. The van der Waals surface area contributed by atoms with Crippen molar-refractivity contribution in [2.75, 3.05) is 45.3 Å². The molecule has 13 heteroatoms. The van der Waals surface area contributed by atoms with Crippen LogP contribution in [-0.4, -0.2) is 88.1 Å². The van der Waals surface area contributed by atoms with Crippen molar-refractivity contribution >= 4 is 41.1 Å². The van der Waals surface area contributed by atoms with Crippen molar-refractivity contribution in [2.45, 2.75) is 25.3 Å². The third kappa shape index (κ3) is 5.57. The second-order valence-corrected chi connectivity index (χ2v) is 10.2. The Labute approximate surface area is 241 Å². The van der Waals surface area contributed by atoms with E-state index in [-0.39, 0.29) is 35.6 Å². The Morgan fingerprint density at radius 3 is 2.66 bits per heavy atom. The Bertz CT molecular complexity index is 1490. The highest BCUT2D eigenvalue weighted by Gasteiger charge is 2.39. The van der Waals surface area contributed by atoms with Crippen LogP contribution >= 0.6 is 11.6 Å². The summed E-state index contributed by atoms with van der Waals surface area (Å²) in [5, 5.41) is 10.9. The van der Waals surface area contributed by atoms with Gasteiger partial charge in [-0.1, -0.05) is 23.7 Å². The normalized spacial score (nSPS) is 16.7. The standard InChI is InChI=1S/C28H29ClFN7O4/c1-34(25(39)16-41-2)22-7-5-6-19-18(22)12-15-36(27(19)28(40)35-13-3-4-14-35)24(38)11-8-20-23(37-17-31-32-33-37)10-9-21(29)26(20)30/h5-11,17,27H,3-4,12-16H2,1-2H3. The SMILES string of the molecule is COCC(=O)N(C)c1cccc2c1CCN(C(=O)C=Cc1c(-n3cnnn3)ccc(Cl)c1F)C2C(=O)N1CCCC1. The molecule has 214 valence electrons. The summed E-state index contributed by atoms with van der Waals surface area (Å²) in [6.45, 7) is 1.36. The monoisotopic (exact) mass is 581 g/mol. The van der Waals surface area contributed by atoms with Gasteiger partial charge in [0.05, 0.1) is 10.7 Å². The van der Waals surface area contributed by atoms with E-state index in [0.717, 1.165) is 18.4 Å². The van der Waals surface area contributed by atoms with Gasteiger partial charge in [-0.25, -0.2) is 4.39 Å². The fourth-order valence-corrected chi connectivity index (χ4v) is 5.53. The number of methoxy groups -OCH3 is 1. The lowest BCUT2D eigenvalue weighted by Gasteiger charge is -2.39. The zero-order chi connectivity index (χ0) is 29.1. The van der Waals surface area contributed by atoms with E-state index in [0.29, 0.717) is 36.4 Å². The van der Waals surface area contributed by atoms with Crippen LogP contribution in [0.25, 0.3) is 11.8 Å². The van der Waals surface area contributed by atoms with Gasteiger partial charge in [0, 0.05) is 51.1 Å². The number of hydrogen-bond donors (Lipinski definition) is 0. The largest absolute Gasteiger partial charge is 0.375 e. The van der Waals surface area contributed by atoms with E-state index in [9.17, 15) is 14.4 Å². The molecule has 2 aliphatic rings. The number of nitrogens with zero attached hydrogens (tertiary/aromatic N) is 7. The van der Waals surface area contributed by atoms with Crippen LogP contribution in [0.3, 0.4) is 0 Å². The first kappa shape index (κ1) is 28.4. The Kier molecular flexibility index (Phi) is 8.41. The quantitative estimate of drug-likeness (QED) is 0.394. The van der Waals surface area contributed by atoms with Crippen molar-refractivity contribution < 1.29 is 23.5 Å². The number of anilines is 1. The lowest BCUT2D eigenvalue weighted by molar-refractivity contribution is -0.143. The van der Waals surface area contributed by atoms with Crippen LogP contribution in [0.15, 0.2) is 42.7 Å². The zero-order valence-corrected chi connectivity index (χ0v) is 23.4. The number of likely N-dealkylation sites (N-methyl/N-ethyl adjacent to an activating group) is 1. The molecule has 5 rings (SSSR count). The fourth-order valence-electron chi connectivity index (χ4n) is 5.37. The molecule has 0 bridgehead atoms. The van der Waals surface area contributed by atoms with Crippen LogP contribution in [0.2, 0.25) is 5.02 Å². The molecule has 0 spiro atoms. The molecule has 0 saturated carbocycles. The van der Waals surface area contributed by atoms with Crippen molar-refractivity contribution in [2.24, 2.45) is 0 Å². The molecule has 3 amide bonds. The Morgan fingerprint density at radius 2 is 1.95 bits per heavy atom. The summed E-state index contributed by atoms with van der Waals surface area (Å²) in [5.41, 5.74) is 2.47. The van der Waals surface area contributed by atoms with Crippen molar-refractivity contribution in [1.82, 2.24) is 30.0 Å². The number of aromatic nitrogens is 4. The predicted octanol–water partition coefficient (Wildman–Crippen LogP) is 2.83. The smallest absolute Gasteiger partial charge is 0.252 e. The molecule has 0 radical (unpaired) electrons. The molecule has 3 aromatic rings. The van der Waals surface area contributed by atoms with Gasteiger partial charge in [-0.15, -0.1) is 5.10 Å². The molecule has 1 aromatic heterocycles. The van der Waals surface area contributed by atoms with E-state index in [1.807, 2.05) is 12.1 Å². The van der Waals surface area contributed by atoms with Crippen molar-refractivity contribution in [3.63, 3.8) is 0 Å². The molecule has 1 unspecified atom stereocenters. The van der Waals surface area contributed by atoms with Gasteiger partial charge in [0.15, 0.2) is 5.82 Å². The molecular weight excluding hydrogens is 553 g/mol. The van der Waals surface area contributed by atoms with E-state index < -0.39 is 17.8 Å². The summed E-state index contributed by atoms with van der Waals surface area (Å²) >= 11 is 6.04. The van der Waals surface area contributed by atoms with Gasteiger partial charge in [-0.3, -0.25) is 14.4 Å². The second kappa shape index (κ2) is 12.1. The number of rotatable bonds is 7. The van der Waals surface area contributed by atoms with E-state index in [1.165, 1.54) is 46.1 Å². The highest BCUT2D eigenvalue weighted by Crippen LogP contribution is 2.37. The van der Waals surface area contributed by atoms with Gasteiger partial charge in [0.2, 0.25) is 11.8 Å². The Hall–Kier alpha value is -4.16. The fraction of sp³-hybridized carbons (Fsp3) is 0.357. The van der Waals surface area contributed by atoms with Gasteiger partial charge >= 0.3 is 0 Å². The van der Waals surface area contributed by atoms with Crippen molar-refractivity contribution in [3.05, 3.63) is 70.3 Å². The summed E-state index contributed by atoms with van der Waals surface area (Å²) in [7, 11) is 3.12. The van der Waals surface area contributed by atoms with Gasteiger partial charge in [0.1, 0.15) is 19.0 Å². The summed E-state index contributed by atoms with van der Waals surface area (Å²) in [6, 6.07) is 7.45. The number of benzene rings is 2. The number of tetrazole rings is 1. The van der Waals surface area contributed by atoms with Crippen LogP contribution in [0.4, 0.5) is 10.1 Å². The van der Waals surface area contributed by atoms with Crippen LogP contribution < -0.4 is 4.90 Å². The predicted molar refractivity (Wildman–Crippen MR) is 149 cm³/mol. The minimum atomic E-state index is -0.900. The first-order valence-electron chi connectivity index (χ1n) is 13.2. The summed E-state index contributed by atoms with van der Waals surface area (Å²) in [6.07, 6.45) is 6.06. The van der Waals surface area contributed by atoms with Crippen LogP contribution in [0.5, 0.6) is 0 Å². The molecule has 1 saturated heterocycles. The van der Waals surface area contributed by atoms with Gasteiger partial charge in [0.25, 0.3) is 5.91 Å². The number of likely N-dealkylation sites (tertiary alicyclic amines) is 1. The van der Waals surface area contributed by atoms with Crippen molar-refractivity contribution in [1.29, 1.82) is 0 Å². The van der Waals surface area contributed by atoms with E-state index in [2.05, 4.69) is 15.5 Å². The summed E-state index contributed by atoms with van der Waals surface area (Å²) in [5.74, 6) is -1.61. The molecule has 2 aromatic carbocycles. The first-order valence-corrected chi connectivity index (χ1v) is 13.6. The van der Waals surface area contributed by atoms with Gasteiger partial charge in [-0.2, -0.15) is 4.68 Å². The lowest BCUT2D eigenvalue weighted by Crippen LogP contribution is -2.48. The minimum Gasteiger partial charge on any atom is -0.375 e. The molecular formula is C28H29ClFN7O4. The molecule has 0 N–H and O–H groups in total. The Morgan fingerprint density at radius 1 is 1.17 bits per heavy atom. The Balaban J connectivity index is 1.52. The molecule has 2 aliphatic heterocycles. The number of amides is 3.